The lowest BCUT2D eigenvalue weighted by molar-refractivity contribution is 0.798. The Balaban J connectivity index is 2.03. The zero-order valence-electron chi connectivity index (χ0n) is 7.89. The van der Waals surface area contributed by atoms with Crippen LogP contribution in [0.5, 0.6) is 0 Å². The highest BCUT2D eigenvalue weighted by Gasteiger charge is 1.98. The molecule has 4 heteroatoms. The summed E-state index contributed by atoms with van der Waals surface area (Å²) in [4.78, 5) is 4.27. The quantitative estimate of drug-likeness (QED) is 0.825. The third kappa shape index (κ3) is 2.21. The standard InChI is InChI=1S/C10H13N3S/c11-3-1-10-6-13(8-12-10)5-9-2-4-14-7-9/h2,4,6-8H,1,3,5,11H2. The number of aromatic nitrogens is 2. The van der Waals surface area contributed by atoms with Crippen molar-refractivity contribution >= 4 is 11.3 Å². The summed E-state index contributed by atoms with van der Waals surface area (Å²) in [7, 11) is 0. The second kappa shape index (κ2) is 4.39. The molecule has 0 fully saturated rings. The number of thiophene rings is 1. The van der Waals surface area contributed by atoms with E-state index in [2.05, 4.69) is 32.6 Å². The maximum Gasteiger partial charge on any atom is 0.0952 e. The van der Waals surface area contributed by atoms with Crippen LogP contribution < -0.4 is 5.73 Å². The molecule has 0 aliphatic heterocycles. The predicted octanol–water partition coefficient (Wildman–Crippen LogP) is 1.49. The molecule has 0 atom stereocenters. The third-order valence-corrected chi connectivity index (χ3v) is 2.76. The first-order chi connectivity index (χ1) is 6.88. The fourth-order valence-corrected chi connectivity index (χ4v) is 2.02. The van der Waals surface area contributed by atoms with E-state index in [-0.39, 0.29) is 0 Å². The van der Waals surface area contributed by atoms with Crippen molar-refractivity contribution in [2.75, 3.05) is 6.54 Å². The molecule has 74 valence electrons. The molecule has 0 aliphatic carbocycles. The molecule has 2 aromatic rings. The summed E-state index contributed by atoms with van der Waals surface area (Å²) in [6, 6.07) is 2.13. The highest BCUT2D eigenvalue weighted by atomic mass is 32.1. The lowest BCUT2D eigenvalue weighted by atomic mass is 10.3. The average molecular weight is 207 g/mol. The third-order valence-electron chi connectivity index (χ3n) is 2.03. The molecule has 2 N–H and O–H groups in total. The van der Waals surface area contributed by atoms with Crippen LogP contribution in [0, 0.1) is 0 Å². The maximum atomic E-state index is 5.46. The first-order valence-electron chi connectivity index (χ1n) is 4.60. The molecule has 2 heterocycles. The van der Waals surface area contributed by atoms with Gasteiger partial charge in [-0.1, -0.05) is 0 Å². The van der Waals surface area contributed by atoms with Gasteiger partial charge in [0.1, 0.15) is 0 Å². The molecular formula is C10H13N3S. The predicted molar refractivity (Wildman–Crippen MR) is 58.4 cm³/mol. The van der Waals surface area contributed by atoms with Gasteiger partial charge in [0, 0.05) is 19.2 Å². The van der Waals surface area contributed by atoms with Crippen LogP contribution in [0.1, 0.15) is 11.3 Å². The van der Waals surface area contributed by atoms with Gasteiger partial charge < -0.3 is 10.3 Å². The van der Waals surface area contributed by atoms with Gasteiger partial charge in [-0.25, -0.2) is 4.98 Å². The summed E-state index contributed by atoms with van der Waals surface area (Å²) in [5.41, 5.74) is 7.86. The summed E-state index contributed by atoms with van der Waals surface area (Å²) in [5.74, 6) is 0. The molecule has 2 rings (SSSR count). The molecule has 0 spiro atoms. The Morgan fingerprint density at radius 1 is 1.50 bits per heavy atom. The van der Waals surface area contributed by atoms with Gasteiger partial charge in [0.2, 0.25) is 0 Å². The van der Waals surface area contributed by atoms with Crippen molar-refractivity contribution in [3.8, 4) is 0 Å². The Kier molecular flexibility index (Phi) is 2.96. The minimum atomic E-state index is 0.662. The van der Waals surface area contributed by atoms with Crippen LogP contribution >= 0.6 is 11.3 Å². The Bertz CT molecular complexity index is 378. The molecule has 0 aliphatic rings. The molecule has 0 bridgehead atoms. The van der Waals surface area contributed by atoms with Crippen molar-refractivity contribution in [3.05, 3.63) is 40.6 Å². The number of nitrogens with two attached hydrogens (primary N) is 1. The Labute approximate surface area is 87.2 Å². The van der Waals surface area contributed by atoms with Crippen LogP contribution in [0.2, 0.25) is 0 Å². The summed E-state index contributed by atoms with van der Waals surface area (Å²) < 4.78 is 2.09. The van der Waals surface area contributed by atoms with Crippen LogP contribution in [0.4, 0.5) is 0 Å². The van der Waals surface area contributed by atoms with Crippen LogP contribution in [-0.4, -0.2) is 16.1 Å². The van der Waals surface area contributed by atoms with Crippen molar-refractivity contribution in [1.82, 2.24) is 9.55 Å². The van der Waals surface area contributed by atoms with Gasteiger partial charge in [0.25, 0.3) is 0 Å². The van der Waals surface area contributed by atoms with E-state index in [0.29, 0.717) is 6.54 Å². The fraction of sp³-hybridized carbons (Fsp3) is 0.300. The van der Waals surface area contributed by atoms with Crippen molar-refractivity contribution in [1.29, 1.82) is 0 Å². The van der Waals surface area contributed by atoms with Crippen molar-refractivity contribution in [3.63, 3.8) is 0 Å². The lowest BCUT2D eigenvalue weighted by Gasteiger charge is -1.97. The van der Waals surface area contributed by atoms with Crippen molar-refractivity contribution < 1.29 is 0 Å². The normalized spacial score (nSPS) is 10.6. The maximum absolute atomic E-state index is 5.46. The van der Waals surface area contributed by atoms with E-state index in [1.807, 2.05) is 6.33 Å². The van der Waals surface area contributed by atoms with E-state index < -0.39 is 0 Å². The molecule has 0 saturated carbocycles. The Hall–Kier alpha value is -1.13. The van der Waals surface area contributed by atoms with Crippen LogP contribution in [0.15, 0.2) is 29.4 Å². The molecule has 14 heavy (non-hydrogen) atoms. The largest absolute Gasteiger partial charge is 0.333 e. The number of rotatable bonds is 4. The summed E-state index contributed by atoms with van der Waals surface area (Å²) in [6.07, 6.45) is 4.78. The van der Waals surface area contributed by atoms with E-state index in [1.54, 1.807) is 11.3 Å². The zero-order valence-corrected chi connectivity index (χ0v) is 8.70. The molecule has 0 unspecified atom stereocenters. The lowest BCUT2D eigenvalue weighted by Crippen LogP contribution is -2.02. The SMILES string of the molecule is NCCc1cn(Cc2ccsc2)cn1. The molecule has 0 amide bonds. The highest BCUT2D eigenvalue weighted by Crippen LogP contribution is 2.08. The number of hydrogen-bond acceptors (Lipinski definition) is 3. The van der Waals surface area contributed by atoms with Crippen LogP contribution in [0.3, 0.4) is 0 Å². The van der Waals surface area contributed by atoms with E-state index in [9.17, 15) is 0 Å². The molecule has 2 aromatic heterocycles. The van der Waals surface area contributed by atoms with Crippen LogP contribution in [0.25, 0.3) is 0 Å². The van der Waals surface area contributed by atoms with Gasteiger partial charge in [0.15, 0.2) is 0 Å². The van der Waals surface area contributed by atoms with Gasteiger partial charge >= 0.3 is 0 Å². The summed E-state index contributed by atoms with van der Waals surface area (Å²) >= 11 is 1.72. The Morgan fingerprint density at radius 3 is 3.14 bits per heavy atom. The molecule has 0 aromatic carbocycles. The second-order valence-electron chi connectivity index (χ2n) is 3.21. The van der Waals surface area contributed by atoms with Crippen molar-refractivity contribution in [2.24, 2.45) is 5.73 Å². The summed E-state index contributed by atoms with van der Waals surface area (Å²) in [6.45, 7) is 1.57. The number of nitrogens with zero attached hydrogens (tertiary/aromatic N) is 2. The minimum absolute atomic E-state index is 0.662. The van der Waals surface area contributed by atoms with Gasteiger partial charge in [-0.15, -0.1) is 0 Å². The zero-order chi connectivity index (χ0) is 9.80. The van der Waals surface area contributed by atoms with Gasteiger partial charge in [-0.05, 0) is 28.9 Å². The molecule has 3 nitrogen and oxygen atoms in total. The first kappa shape index (κ1) is 9.43. The Morgan fingerprint density at radius 2 is 2.43 bits per heavy atom. The van der Waals surface area contributed by atoms with E-state index >= 15 is 0 Å². The highest BCUT2D eigenvalue weighted by molar-refractivity contribution is 7.07. The van der Waals surface area contributed by atoms with Gasteiger partial charge in [-0.3, -0.25) is 0 Å². The number of imidazole rings is 1. The van der Waals surface area contributed by atoms with E-state index in [4.69, 9.17) is 5.73 Å². The van der Waals surface area contributed by atoms with Gasteiger partial charge in [-0.2, -0.15) is 11.3 Å². The van der Waals surface area contributed by atoms with Crippen molar-refractivity contribution in [2.45, 2.75) is 13.0 Å². The molecule has 0 saturated heterocycles. The molecule has 0 radical (unpaired) electrons. The van der Waals surface area contributed by atoms with E-state index in [0.717, 1.165) is 18.7 Å². The summed E-state index contributed by atoms with van der Waals surface area (Å²) in [5, 5.41) is 4.25. The first-order valence-corrected chi connectivity index (χ1v) is 5.54. The van der Waals surface area contributed by atoms with E-state index in [1.165, 1.54) is 5.56 Å². The minimum Gasteiger partial charge on any atom is -0.333 e. The topological polar surface area (TPSA) is 43.8 Å². The second-order valence-corrected chi connectivity index (χ2v) is 3.99. The monoisotopic (exact) mass is 207 g/mol. The van der Waals surface area contributed by atoms with Gasteiger partial charge in [0.05, 0.1) is 12.0 Å². The fourth-order valence-electron chi connectivity index (χ4n) is 1.36. The molecular weight excluding hydrogens is 194 g/mol. The smallest absolute Gasteiger partial charge is 0.0952 e. The average Bonchev–Trinajstić information content (AvgIpc) is 2.79. The van der Waals surface area contributed by atoms with Crippen LogP contribution in [-0.2, 0) is 13.0 Å². The number of hydrogen-bond donors (Lipinski definition) is 1.